The summed E-state index contributed by atoms with van der Waals surface area (Å²) >= 11 is 0. The van der Waals surface area contributed by atoms with Gasteiger partial charge in [-0.25, -0.2) is 0 Å². The van der Waals surface area contributed by atoms with E-state index in [1.807, 2.05) is 0 Å². The summed E-state index contributed by atoms with van der Waals surface area (Å²) in [6, 6.07) is 0.817. The zero-order valence-electron chi connectivity index (χ0n) is 7.90. The van der Waals surface area contributed by atoms with E-state index in [1.54, 1.807) is 0 Å². The van der Waals surface area contributed by atoms with E-state index in [-0.39, 0.29) is 0 Å². The third-order valence-electron chi connectivity index (χ3n) is 2.42. The molecule has 0 spiro atoms. The largest absolute Gasteiger partial charge is 0.314 e. The topological polar surface area (TPSA) is 12.0 Å². The Morgan fingerprint density at radius 2 is 2.09 bits per heavy atom. The van der Waals surface area contributed by atoms with Crippen LogP contribution in [0.5, 0.6) is 0 Å². The zero-order valence-corrected chi connectivity index (χ0v) is 7.90. The maximum atomic E-state index is 3.61. The fourth-order valence-electron chi connectivity index (χ4n) is 1.87. The summed E-state index contributed by atoms with van der Waals surface area (Å²) < 4.78 is 0. The number of hydrogen-bond acceptors (Lipinski definition) is 1. The fourth-order valence-corrected chi connectivity index (χ4v) is 1.87. The summed E-state index contributed by atoms with van der Waals surface area (Å²) in [5.74, 6) is 0.852. The molecule has 0 amide bonds. The second-order valence-electron chi connectivity index (χ2n) is 4.13. The lowest BCUT2D eigenvalue weighted by molar-refractivity contribution is 0.414. The summed E-state index contributed by atoms with van der Waals surface area (Å²) in [5, 5.41) is 3.61. The molecule has 1 unspecified atom stereocenters. The molecule has 1 nitrogen and oxygen atoms in total. The van der Waals surface area contributed by atoms with Gasteiger partial charge in [0.1, 0.15) is 0 Å². The fraction of sp³-hybridized carbons (Fsp3) is 1.00. The normalized spacial score (nSPS) is 27.0. The lowest BCUT2D eigenvalue weighted by atomic mass is 10.0. The van der Waals surface area contributed by atoms with Crippen molar-refractivity contribution in [2.75, 3.05) is 6.54 Å². The van der Waals surface area contributed by atoms with Gasteiger partial charge in [-0.2, -0.15) is 0 Å². The van der Waals surface area contributed by atoms with Crippen LogP contribution in [-0.2, 0) is 0 Å². The summed E-state index contributed by atoms with van der Waals surface area (Å²) in [7, 11) is 0. The molecule has 0 aromatic carbocycles. The molecule has 1 fully saturated rings. The Morgan fingerprint density at radius 1 is 1.27 bits per heavy atom. The van der Waals surface area contributed by atoms with Gasteiger partial charge in [-0.15, -0.1) is 0 Å². The van der Waals surface area contributed by atoms with E-state index >= 15 is 0 Å². The Labute approximate surface area is 70.6 Å². The second kappa shape index (κ2) is 4.76. The van der Waals surface area contributed by atoms with Gasteiger partial charge in [0.05, 0.1) is 0 Å². The number of nitrogens with one attached hydrogen (secondary N) is 1. The molecular weight excluding hydrogens is 134 g/mol. The van der Waals surface area contributed by atoms with Gasteiger partial charge >= 0.3 is 0 Å². The Kier molecular flexibility index (Phi) is 3.92. The predicted molar refractivity (Wildman–Crippen MR) is 49.7 cm³/mol. The second-order valence-corrected chi connectivity index (χ2v) is 4.13. The molecule has 1 atom stereocenters. The monoisotopic (exact) mass is 155 g/mol. The lowest BCUT2D eigenvalue weighted by Crippen LogP contribution is -2.29. The molecule has 1 saturated heterocycles. The quantitative estimate of drug-likeness (QED) is 0.646. The van der Waals surface area contributed by atoms with Crippen molar-refractivity contribution >= 4 is 0 Å². The number of rotatable bonds is 2. The summed E-state index contributed by atoms with van der Waals surface area (Å²) in [6.45, 7) is 5.87. The lowest BCUT2D eigenvalue weighted by Gasteiger charge is -2.17. The molecule has 0 aromatic heterocycles. The molecule has 0 aromatic rings. The molecule has 0 saturated carbocycles. The summed E-state index contributed by atoms with van der Waals surface area (Å²) in [6.07, 6.45) is 7.01. The van der Waals surface area contributed by atoms with E-state index in [0.717, 1.165) is 12.0 Å². The van der Waals surface area contributed by atoms with Crippen molar-refractivity contribution in [3.05, 3.63) is 0 Å². The Hall–Kier alpha value is -0.0400. The minimum absolute atomic E-state index is 0.817. The van der Waals surface area contributed by atoms with Crippen LogP contribution in [0.2, 0.25) is 0 Å². The molecule has 0 radical (unpaired) electrons. The molecule has 0 bridgehead atoms. The molecule has 11 heavy (non-hydrogen) atoms. The molecule has 1 aliphatic rings. The van der Waals surface area contributed by atoms with Gasteiger partial charge in [0, 0.05) is 6.04 Å². The first-order valence-corrected chi connectivity index (χ1v) is 5.02. The van der Waals surface area contributed by atoms with E-state index in [2.05, 4.69) is 19.2 Å². The van der Waals surface area contributed by atoms with Gasteiger partial charge in [0.15, 0.2) is 0 Å². The van der Waals surface area contributed by atoms with Crippen LogP contribution in [0, 0.1) is 5.92 Å². The van der Waals surface area contributed by atoms with Crippen LogP contribution in [-0.4, -0.2) is 12.6 Å². The Morgan fingerprint density at radius 3 is 2.82 bits per heavy atom. The van der Waals surface area contributed by atoms with Crippen molar-refractivity contribution < 1.29 is 0 Å². The minimum atomic E-state index is 0.817. The first-order chi connectivity index (χ1) is 5.29. The van der Waals surface area contributed by atoms with E-state index in [0.29, 0.717) is 0 Å². The van der Waals surface area contributed by atoms with Crippen molar-refractivity contribution in [1.82, 2.24) is 5.32 Å². The van der Waals surface area contributed by atoms with E-state index < -0.39 is 0 Å². The SMILES string of the molecule is CC(C)CC1CCCCCN1. The van der Waals surface area contributed by atoms with E-state index in [4.69, 9.17) is 0 Å². The van der Waals surface area contributed by atoms with Crippen molar-refractivity contribution in [2.45, 2.75) is 52.0 Å². The zero-order chi connectivity index (χ0) is 8.10. The van der Waals surface area contributed by atoms with Gasteiger partial charge in [0.2, 0.25) is 0 Å². The molecule has 1 rings (SSSR count). The first kappa shape index (κ1) is 9.05. The smallest absolute Gasteiger partial charge is 0.00694 e. The average molecular weight is 155 g/mol. The van der Waals surface area contributed by atoms with Crippen LogP contribution < -0.4 is 5.32 Å². The predicted octanol–water partition coefficient (Wildman–Crippen LogP) is 2.56. The van der Waals surface area contributed by atoms with E-state index in [1.165, 1.54) is 38.6 Å². The molecular formula is C10H21N. The Bertz CT molecular complexity index is 91.0. The maximum absolute atomic E-state index is 3.61. The van der Waals surface area contributed by atoms with Gasteiger partial charge in [-0.05, 0) is 31.7 Å². The minimum Gasteiger partial charge on any atom is -0.314 e. The van der Waals surface area contributed by atoms with Crippen LogP contribution in [0.4, 0.5) is 0 Å². The van der Waals surface area contributed by atoms with Gasteiger partial charge < -0.3 is 5.32 Å². The molecule has 1 N–H and O–H groups in total. The van der Waals surface area contributed by atoms with E-state index in [9.17, 15) is 0 Å². The van der Waals surface area contributed by atoms with Crippen LogP contribution in [0.1, 0.15) is 46.0 Å². The van der Waals surface area contributed by atoms with Crippen LogP contribution in [0.15, 0.2) is 0 Å². The number of hydrogen-bond donors (Lipinski definition) is 1. The van der Waals surface area contributed by atoms with Crippen molar-refractivity contribution in [2.24, 2.45) is 5.92 Å². The average Bonchev–Trinajstić information content (AvgIpc) is 2.14. The molecule has 66 valence electrons. The van der Waals surface area contributed by atoms with Crippen molar-refractivity contribution in [3.8, 4) is 0 Å². The highest BCUT2D eigenvalue weighted by Crippen LogP contribution is 2.14. The van der Waals surface area contributed by atoms with Crippen molar-refractivity contribution in [3.63, 3.8) is 0 Å². The summed E-state index contributed by atoms with van der Waals surface area (Å²) in [4.78, 5) is 0. The third-order valence-corrected chi connectivity index (χ3v) is 2.42. The highest BCUT2D eigenvalue weighted by atomic mass is 14.9. The van der Waals surface area contributed by atoms with Gasteiger partial charge in [0.25, 0.3) is 0 Å². The molecule has 1 heterocycles. The summed E-state index contributed by atoms with van der Waals surface area (Å²) in [5.41, 5.74) is 0. The highest BCUT2D eigenvalue weighted by Gasteiger charge is 2.11. The van der Waals surface area contributed by atoms with Gasteiger partial charge in [-0.3, -0.25) is 0 Å². The van der Waals surface area contributed by atoms with Crippen LogP contribution in [0.3, 0.4) is 0 Å². The van der Waals surface area contributed by atoms with Crippen molar-refractivity contribution in [1.29, 1.82) is 0 Å². The van der Waals surface area contributed by atoms with Crippen LogP contribution >= 0.6 is 0 Å². The molecule has 1 aliphatic heterocycles. The highest BCUT2D eigenvalue weighted by molar-refractivity contribution is 4.71. The third kappa shape index (κ3) is 3.76. The standard InChI is InChI=1S/C10H21N/c1-9(2)8-10-6-4-3-5-7-11-10/h9-11H,3-8H2,1-2H3. The van der Waals surface area contributed by atoms with Gasteiger partial charge in [-0.1, -0.05) is 26.7 Å². The Balaban J connectivity index is 2.20. The maximum Gasteiger partial charge on any atom is 0.00694 e. The van der Waals surface area contributed by atoms with Crippen LogP contribution in [0.25, 0.3) is 0 Å². The molecule has 0 aliphatic carbocycles. The first-order valence-electron chi connectivity index (χ1n) is 5.02. The molecule has 1 heteroatoms.